The number of amides is 1. The molecule has 4 nitrogen and oxygen atoms in total. The second kappa shape index (κ2) is 7.82. The molecular formula is C20H18F3NO3. The first-order chi connectivity index (χ1) is 12.8. The van der Waals surface area contributed by atoms with E-state index < -0.39 is 29.7 Å². The van der Waals surface area contributed by atoms with Crippen LogP contribution in [0.25, 0.3) is 0 Å². The Balaban J connectivity index is 1.71. The van der Waals surface area contributed by atoms with Crippen molar-refractivity contribution in [3.63, 3.8) is 0 Å². The maximum absolute atomic E-state index is 12.8. The van der Waals surface area contributed by atoms with E-state index in [1.54, 1.807) is 30.3 Å². The first-order valence-electron chi connectivity index (χ1n) is 8.54. The second-order valence-electron chi connectivity index (χ2n) is 6.44. The fraction of sp³-hybridized carbons (Fsp3) is 0.300. The molecule has 3 rings (SSSR count). The number of alkyl halides is 3. The molecule has 1 N–H and O–H groups in total. The van der Waals surface area contributed by atoms with Crippen molar-refractivity contribution in [2.24, 2.45) is 0 Å². The number of carbonyl (C=O) groups excluding carboxylic acids is 2. The summed E-state index contributed by atoms with van der Waals surface area (Å²) < 4.78 is 43.7. The van der Waals surface area contributed by atoms with Crippen molar-refractivity contribution >= 4 is 11.9 Å². The number of halogens is 3. The molecule has 2 aromatic carbocycles. The summed E-state index contributed by atoms with van der Waals surface area (Å²) in [4.78, 5) is 24.7. The smallest absolute Gasteiger partial charge is 0.416 e. The van der Waals surface area contributed by atoms with Gasteiger partial charge in [0.15, 0.2) is 0 Å². The Hall–Kier alpha value is -2.83. The van der Waals surface area contributed by atoms with Crippen LogP contribution < -0.4 is 5.32 Å². The molecule has 142 valence electrons. The highest BCUT2D eigenvalue weighted by atomic mass is 19.4. The van der Waals surface area contributed by atoms with Crippen molar-refractivity contribution in [2.45, 2.75) is 37.6 Å². The van der Waals surface area contributed by atoms with Gasteiger partial charge >= 0.3 is 12.1 Å². The molecule has 0 spiro atoms. The van der Waals surface area contributed by atoms with Crippen molar-refractivity contribution < 1.29 is 27.5 Å². The maximum atomic E-state index is 12.8. The van der Waals surface area contributed by atoms with Gasteiger partial charge in [0.25, 0.3) is 5.91 Å². The molecule has 0 saturated heterocycles. The van der Waals surface area contributed by atoms with Gasteiger partial charge in [-0.15, -0.1) is 0 Å². The predicted octanol–water partition coefficient (Wildman–Crippen LogP) is 3.81. The quantitative estimate of drug-likeness (QED) is 0.779. The summed E-state index contributed by atoms with van der Waals surface area (Å²) in [6.45, 7) is 0. The van der Waals surface area contributed by atoms with E-state index >= 15 is 0 Å². The van der Waals surface area contributed by atoms with Crippen LogP contribution in [0.4, 0.5) is 13.2 Å². The van der Waals surface area contributed by atoms with Gasteiger partial charge in [0.2, 0.25) is 6.10 Å². The third-order valence-electron chi connectivity index (χ3n) is 4.12. The molecule has 2 aromatic rings. The lowest BCUT2D eigenvalue weighted by atomic mass is 10.1. The lowest BCUT2D eigenvalue weighted by molar-refractivity contribution is -0.156. The van der Waals surface area contributed by atoms with Crippen LogP contribution in [0.15, 0.2) is 54.6 Å². The molecule has 0 aromatic heterocycles. The Morgan fingerprint density at radius 3 is 2.41 bits per heavy atom. The van der Waals surface area contributed by atoms with Crippen molar-refractivity contribution in [3.05, 3.63) is 71.3 Å². The van der Waals surface area contributed by atoms with Crippen LogP contribution >= 0.6 is 0 Å². The molecule has 1 amide bonds. The summed E-state index contributed by atoms with van der Waals surface area (Å²) in [5.74, 6) is -1.20. The fourth-order valence-electron chi connectivity index (χ4n) is 2.60. The monoisotopic (exact) mass is 377 g/mol. The Morgan fingerprint density at radius 1 is 1.07 bits per heavy atom. The van der Waals surface area contributed by atoms with E-state index in [9.17, 15) is 22.8 Å². The topological polar surface area (TPSA) is 55.4 Å². The number of hydrogen-bond donors (Lipinski definition) is 1. The minimum Gasteiger partial charge on any atom is -0.447 e. The van der Waals surface area contributed by atoms with Gasteiger partial charge in [-0.25, -0.2) is 0 Å². The van der Waals surface area contributed by atoms with Gasteiger partial charge in [-0.2, -0.15) is 13.2 Å². The van der Waals surface area contributed by atoms with E-state index in [-0.39, 0.29) is 18.0 Å². The number of hydrogen-bond acceptors (Lipinski definition) is 3. The number of benzene rings is 2. The van der Waals surface area contributed by atoms with Crippen molar-refractivity contribution in [2.75, 3.05) is 0 Å². The van der Waals surface area contributed by atoms with Crippen LogP contribution in [0, 0.1) is 0 Å². The zero-order chi connectivity index (χ0) is 19.4. The number of nitrogens with one attached hydrogen (secondary N) is 1. The van der Waals surface area contributed by atoms with Gasteiger partial charge in [-0.3, -0.25) is 9.59 Å². The molecule has 1 aliphatic rings. The lowest BCUT2D eigenvalue weighted by Gasteiger charge is -2.18. The zero-order valence-electron chi connectivity index (χ0n) is 14.3. The first-order valence-corrected chi connectivity index (χ1v) is 8.54. The summed E-state index contributed by atoms with van der Waals surface area (Å²) in [5, 5.41) is 2.79. The molecule has 1 atom stereocenters. The van der Waals surface area contributed by atoms with E-state index in [1.165, 1.54) is 12.1 Å². The third kappa shape index (κ3) is 5.32. The Kier molecular flexibility index (Phi) is 5.48. The van der Waals surface area contributed by atoms with Gasteiger partial charge < -0.3 is 10.1 Å². The van der Waals surface area contributed by atoms with Gasteiger partial charge in [0.05, 0.1) is 12.0 Å². The molecular weight excluding hydrogens is 359 g/mol. The summed E-state index contributed by atoms with van der Waals surface area (Å²) in [7, 11) is 0. The number of carbonyl (C=O) groups is 2. The van der Waals surface area contributed by atoms with Crippen LogP contribution in [0.1, 0.15) is 35.6 Å². The SMILES string of the molecule is O=C(Cc1cccc(C(F)(F)F)c1)O[C@@H](C(=O)NC1CC1)c1ccccc1. The van der Waals surface area contributed by atoms with Crippen molar-refractivity contribution in [1.82, 2.24) is 5.32 Å². The van der Waals surface area contributed by atoms with Gasteiger partial charge in [-0.05, 0) is 24.5 Å². The largest absolute Gasteiger partial charge is 0.447 e. The standard InChI is InChI=1S/C20H18F3NO3/c21-20(22,23)15-8-4-5-13(11-15)12-17(25)27-18(14-6-2-1-3-7-14)19(26)24-16-9-10-16/h1-8,11,16,18H,9-10,12H2,(H,24,26)/t18-/m1/s1. The van der Waals surface area contributed by atoms with Crippen LogP contribution in [-0.4, -0.2) is 17.9 Å². The predicted molar refractivity (Wildman–Crippen MR) is 91.6 cm³/mol. The first kappa shape index (κ1) is 18.9. The average molecular weight is 377 g/mol. The summed E-state index contributed by atoms with van der Waals surface area (Å²) in [6.07, 6.45) is -4.22. The molecule has 0 radical (unpaired) electrons. The number of rotatable bonds is 6. The van der Waals surface area contributed by atoms with E-state index in [0.29, 0.717) is 5.56 Å². The average Bonchev–Trinajstić information content (AvgIpc) is 3.44. The Bertz CT molecular complexity index is 817. The van der Waals surface area contributed by atoms with Crippen LogP contribution in [0.5, 0.6) is 0 Å². The highest BCUT2D eigenvalue weighted by molar-refractivity contribution is 5.85. The fourth-order valence-corrected chi connectivity index (χ4v) is 2.60. The Morgan fingerprint density at radius 2 is 1.78 bits per heavy atom. The van der Waals surface area contributed by atoms with E-state index in [1.807, 2.05) is 0 Å². The highest BCUT2D eigenvalue weighted by Gasteiger charge is 2.32. The van der Waals surface area contributed by atoms with Gasteiger partial charge in [-0.1, -0.05) is 48.5 Å². The molecule has 0 heterocycles. The molecule has 0 unspecified atom stereocenters. The summed E-state index contributed by atoms with van der Waals surface area (Å²) >= 11 is 0. The van der Waals surface area contributed by atoms with E-state index in [0.717, 1.165) is 25.0 Å². The molecule has 1 aliphatic carbocycles. The highest BCUT2D eigenvalue weighted by Crippen LogP contribution is 2.30. The molecule has 7 heteroatoms. The van der Waals surface area contributed by atoms with Crippen LogP contribution in [0.3, 0.4) is 0 Å². The molecule has 27 heavy (non-hydrogen) atoms. The Labute approximate surface area is 154 Å². The lowest BCUT2D eigenvalue weighted by Crippen LogP contribution is -2.33. The summed E-state index contributed by atoms with van der Waals surface area (Å²) in [5.41, 5.74) is -0.156. The molecule has 0 bridgehead atoms. The third-order valence-corrected chi connectivity index (χ3v) is 4.12. The van der Waals surface area contributed by atoms with Crippen LogP contribution in [0.2, 0.25) is 0 Å². The zero-order valence-corrected chi connectivity index (χ0v) is 14.3. The second-order valence-corrected chi connectivity index (χ2v) is 6.44. The maximum Gasteiger partial charge on any atom is 0.416 e. The minimum absolute atomic E-state index is 0.0888. The molecule has 1 saturated carbocycles. The number of esters is 1. The number of ether oxygens (including phenoxy) is 1. The normalized spacial score (nSPS) is 15.1. The summed E-state index contributed by atoms with van der Waals surface area (Å²) in [6, 6.07) is 13.1. The van der Waals surface area contributed by atoms with Crippen molar-refractivity contribution in [3.8, 4) is 0 Å². The van der Waals surface area contributed by atoms with Crippen LogP contribution in [-0.2, 0) is 26.9 Å². The molecule has 0 aliphatic heterocycles. The van der Waals surface area contributed by atoms with Gasteiger partial charge in [0.1, 0.15) is 0 Å². The van der Waals surface area contributed by atoms with E-state index in [4.69, 9.17) is 4.74 Å². The van der Waals surface area contributed by atoms with Crippen molar-refractivity contribution in [1.29, 1.82) is 0 Å². The van der Waals surface area contributed by atoms with E-state index in [2.05, 4.69) is 5.32 Å². The van der Waals surface area contributed by atoms with Gasteiger partial charge in [0, 0.05) is 11.6 Å². The molecule has 1 fully saturated rings. The minimum atomic E-state index is -4.49.